The van der Waals surface area contributed by atoms with Crippen molar-refractivity contribution in [1.29, 1.82) is 0 Å². The van der Waals surface area contributed by atoms with Gasteiger partial charge >= 0.3 is 0 Å². The fraction of sp³-hybridized carbons (Fsp3) is 0.940. The number of aliphatic hydroxyl groups excluding tert-OH is 26. The SMILES string of the molecule is CC(=O)N[C@@H]1[C@H](O[C@H]2[C@H](O)[C@H](O)[C@@H](OC[C@H]3O[C@@H](O[C@H]4[C@H](O)[C@@H](NC(C)=O)[C@H](O[C@H]5[C@H](O[C@@H]6O[C@@H](C)[C@@H](O)[C@@H](O)[C@@H]6O)[C@@H](NC(C)=O)[C@H](O)O[C@@H]5CO)O[C@@H]4CO)[C@@H](O[C@@H]4O[C@H](CO)[C@H](O)[C@H]4O)[C@@H](O[C@H]4O[C@H](CO)[C@@H](O[C@@H]5O[C@H](CO)[C@@H](O)[C@H](O)[C@H]5NC(C)=O)[C@H](O)[C@@H]4O)[C@@H]3O)O[C@@H]2CO)O[C@H](CO)[C@@H](O)[C@@H]1O[C@@H]1O[C@H](CO)[C@H](O)[C@H](O)[C@H]1O. The number of amides is 4. The van der Waals surface area contributed by atoms with E-state index >= 15 is 0 Å². The van der Waals surface area contributed by atoms with Crippen molar-refractivity contribution in [2.75, 3.05) is 59.5 Å². The van der Waals surface area contributed by atoms with Gasteiger partial charge in [-0.1, -0.05) is 0 Å². The average molecular weight is 1760 g/mol. The van der Waals surface area contributed by atoms with Gasteiger partial charge in [-0.15, -0.1) is 0 Å². The molecule has 120 heavy (non-hydrogen) atoms. The molecule has 53 heteroatoms. The van der Waals surface area contributed by atoms with Crippen LogP contribution in [0.3, 0.4) is 0 Å². The van der Waals surface area contributed by atoms with E-state index in [9.17, 15) is 152 Å². The summed E-state index contributed by atoms with van der Waals surface area (Å²) in [5.74, 6) is -3.61. The molecule has 10 aliphatic heterocycles. The number of hydrogen-bond donors (Lipinski definition) is 30. The molecule has 0 aromatic heterocycles. The highest BCUT2D eigenvalue weighted by atomic mass is 16.8. The Bertz CT molecular complexity index is 3230. The van der Waals surface area contributed by atoms with Crippen LogP contribution in [-0.2, 0) is 109 Å². The van der Waals surface area contributed by atoms with Crippen LogP contribution < -0.4 is 21.3 Å². The highest BCUT2D eigenvalue weighted by Gasteiger charge is 2.62. The number of hydrogen-bond acceptors (Lipinski definition) is 49. The summed E-state index contributed by atoms with van der Waals surface area (Å²) in [6.07, 6.45) is -92.9. The van der Waals surface area contributed by atoms with Crippen LogP contribution in [0.2, 0.25) is 0 Å². The molecule has 49 atom stereocenters. The quantitative estimate of drug-likeness (QED) is 0.0306. The van der Waals surface area contributed by atoms with Crippen LogP contribution in [0.5, 0.6) is 0 Å². The van der Waals surface area contributed by atoms with Crippen LogP contribution in [0.1, 0.15) is 34.6 Å². The van der Waals surface area contributed by atoms with Crippen molar-refractivity contribution in [3.8, 4) is 0 Å². The number of ether oxygens (including phenoxy) is 19. The second-order valence-corrected chi connectivity index (χ2v) is 30.5. The van der Waals surface area contributed by atoms with Gasteiger partial charge in [0.25, 0.3) is 0 Å². The minimum atomic E-state index is -2.51. The van der Waals surface area contributed by atoms with Gasteiger partial charge in [-0.05, 0) is 6.92 Å². The maximum atomic E-state index is 13.4. The molecule has 10 heterocycles. The lowest BCUT2D eigenvalue weighted by molar-refractivity contribution is -0.403. The lowest BCUT2D eigenvalue weighted by atomic mass is 9.93. The molecule has 0 aromatic carbocycles. The monoisotopic (exact) mass is 1760 g/mol. The van der Waals surface area contributed by atoms with Gasteiger partial charge in [0.05, 0.1) is 65.6 Å². The molecule has 0 aliphatic carbocycles. The molecule has 30 N–H and O–H groups in total. The molecular formula is C67H112N4O49. The second kappa shape index (κ2) is 42.8. The Morgan fingerprint density at radius 2 is 0.525 bits per heavy atom. The Morgan fingerprint density at radius 1 is 0.233 bits per heavy atom. The van der Waals surface area contributed by atoms with E-state index in [2.05, 4.69) is 21.3 Å². The number of carbonyl (C=O) groups excluding carboxylic acids is 4. The molecule has 10 aliphatic rings. The minimum absolute atomic E-state index is 0.838. The molecule has 10 rings (SSSR count). The molecule has 4 amide bonds. The van der Waals surface area contributed by atoms with Crippen molar-refractivity contribution in [2.45, 2.75) is 335 Å². The fourth-order valence-electron chi connectivity index (χ4n) is 15.7. The summed E-state index contributed by atoms with van der Waals surface area (Å²) in [7, 11) is 0. The van der Waals surface area contributed by atoms with E-state index in [-0.39, 0.29) is 0 Å². The van der Waals surface area contributed by atoms with Crippen molar-refractivity contribution >= 4 is 23.6 Å². The smallest absolute Gasteiger partial charge is 0.217 e. The summed E-state index contributed by atoms with van der Waals surface area (Å²) in [4.78, 5) is 51.4. The standard InChI is InChI=1S/C67H112N4O49/c1-15-33(84)41(92)46(97)63(103-15)118-55-31(70-18(4)82)58(101)104-27(13-79)53(55)116-60-30(69-17(3)81)40(91)50(24(10-76)109-60)115-67-57(120-64-45(96)36(87)22(8-74)108-64)56(119-66-49(100)44(95)52(26(12-78)111-66)113-59-29(68-16(2)80)39(90)34(85)20(6-72)105-59)38(89)28(112-67)14-102-62-48(99)43(94)51(25(11-77)110-62)114-61-32(71-19(5)83)54(37(88)23(9-75)106-61)117-65-47(98)42(93)35(86)21(7-73)107-65/h15,20-67,72-79,84-101H,6-14H2,1-5H3,(H,68,80)(H,69,81)(H,70,82)(H,71,83)/t15-,20+,21+,22+,23+,24+,25+,26+,27+,28+,29+,30+,31+,32-,33+,34+,35-,36-,37+,38+,39+,40+,41+,42-,43+,44+,45+,46-,47+,48-,49-,50+,51+,52+,53+,54+,55+,56-,57-,58+,59-,60-,61-,62-,63-,64-,65-,66+,67-/m0/s1. The number of carbonyl (C=O) groups is 4. The minimum Gasteiger partial charge on any atom is -0.394 e. The van der Waals surface area contributed by atoms with Crippen molar-refractivity contribution in [3.05, 3.63) is 0 Å². The van der Waals surface area contributed by atoms with E-state index in [1.807, 2.05) is 0 Å². The van der Waals surface area contributed by atoms with Crippen molar-refractivity contribution in [3.63, 3.8) is 0 Å². The molecule has 53 nitrogen and oxygen atoms in total. The first-order chi connectivity index (χ1) is 56.8. The van der Waals surface area contributed by atoms with Gasteiger partial charge in [0.2, 0.25) is 23.6 Å². The Labute approximate surface area is 679 Å². The van der Waals surface area contributed by atoms with Crippen molar-refractivity contribution < 1.29 is 242 Å². The molecule has 0 saturated carbocycles. The third kappa shape index (κ3) is 21.4. The molecule has 10 fully saturated rings. The zero-order valence-electron chi connectivity index (χ0n) is 64.7. The summed E-state index contributed by atoms with van der Waals surface area (Å²) >= 11 is 0. The maximum Gasteiger partial charge on any atom is 0.217 e. The van der Waals surface area contributed by atoms with Crippen molar-refractivity contribution in [2.24, 2.45) is 0 Å². The molecule has 0 radical (unpaired) electrons. The van der Waals surface area contributed by atoms with E-state index in [1.54, 1.807) is 0 Å². The summed E-state index contributed by atoms with van der Waals surface area (Å²) in [5.41, 5.74) is 0. The van der Waals surface area contributed by atoms with Crippen LogP contribution in [0.25, 0.3) is 0 Å². The van der Waals surface area contributed by atoms with E-state index < -0.39 is 384 Å². The number of rotatable bonds is 31. The summed E-state index contributed by atoms with van der Waals surface area (Å²) in [5, 5.41) is 300. The van der Waals surface area contributed by atoms with E-state index in [1.165, 1.54) is 6.92 Å². The predicted molar refractivity (Wildman–Crippen MR) is 369 cm³/mol. The number of nitrogens with one attached hydrogen (secondary N) is 4. The Kier molecular flexibility index (Phi) is 35.0. The van der Waals surface area contributed by atoms with Crippen LogP contribution in [0.15, 0.2) is 0 Å². The topological polar surface area (TPSA) is 818 Å². The van der Waals surface area contributed by atoms with E-state index in [0.717, 1.165) is 27.7 Å². The van der Waals surface area contributed by atoms with Crippen molar-refractivity contribution in [1.82, 2.24) is 21.3 Å². The first-order valence-electron chi connectivity index (χ1n) is 38.4. The zero-order chi connectivity index (χ0) is 88.2. The molecule has 694 valence electrons. The molecule has 0 bridgehead atoms. The summed E-state index contributed by atoms with van der Waals surface area (Å²) < 4.78 is 114. The largest absolute Gasteiger partial charge is 0.394 e. The molecule has 10 saturated heterocycles. The van der Waals surface area contributed by atoms with Gasteiger partial charge in [0.1, 0.15) is 232 Å². The average Bonchev–Trinajstić information content (AvgIpc) is 0.974. The molecule has 0 unspecified atom stereocenters. The number of aliphatic hydroxyl groups is 26. The van der Waals surface area contributed by atoms with E-state index in [4.69, 9.17) is 90.0 Å². The summed E-state index contributed by atoms with van der Waals surface area (Å²) in [6, 6.07) is -7.36. The van der Waals surface area contributed by atoms with Gasteiger partial charge in [-0.3, -0.25) is 19.2 Å². The zero-order valence-corrected chi connectivity index (χ0v) is 64.7. The lowest BCUT2D eigenvalue weighted by Crippen LogP contribution is -2.71. The van der Waals surface area contributed by atoms with Gasteiger partial charge in [0, 0.05) is 27.7 Å². The van der Waals surface area contributed by atoms with Crippen LogP contribution in [0, 0.1) is 0 Å². The molecule has 0 spiro atoms. The third-order valence-electron chi connectivity index (χ3n) is 22.1. The highest BCUT2D eigenvalue weighted by molar-refractivity contribution is 5.74. The third-order valence-corrected chi connectivity index (χ3v) is 22.1. The van der Waals surface area contributed by atoms with Crippen LogP contribution in [-0.4, -0.2) is 517 Å². The maximum absolute atomic E-state index is 13.4. The molecular weight excluding hydrogens is 1640 g/mol. The van der Waals surface area contributed by atoms with Gasteiger partial charge in [-0.25, -0.2) is 0 Å². The Hall–Kier alpha value is -3.92. The predicted octanol–water partition coefficient (Wildman–Crippen LogP) is -20.6. The fourth-order valence-corrected chi connectivity index (χ4v) is 15.7. The van der Waals surface area contributed by atoms with Crippen LogP contribution in [0.4, 0.5) is 0 Å². The highest BCUT2D eigenvalue weighted by Crippen LogP contribution is 2.42. The first-order valence-corrected chi connectivity index (χ1v) is 38.4. The Morgan fingerprint density at radius 3 is 1.02 bits per heavy atom. The lowest BCUT2D eigenvalue weighted by Gasteiger charge is -2.52. The summed E-state index contributed by atoms with van der Waals surface area (Å²) in [6.45, 7) is -4.91. The first kappa shape index (κ1) is 98.3. The molecule has 0 aromatic rings. The van der Waals surface area contributed by atoms with Gasteiger partial charge in [0.15, 0.2) is 62.9 Å². The van der Waals surface area contributed by atoms with E-state index in [0.29, 0.717) is 0 Å². The van der Waals surface area contributed by atoms with Crippen LogP contribution >= 0.6 is 0 Å². The second-order valence-electron chi connectivity index (χ2n) is 30.5. The normalized spacial score (nSPS) is 49.6. The Balaban J connectivity index is 0.992. The van der Waals surface area contributed by atoms with Gasteiger partial charge < -0.3 is 244 Å². The van der Waals surface area contributed by atoms with Gasteiger partial charge in [-0.2, -0.15) is 0 Å².